The van der Waals surface area contributed by atoms with Crippen molar-refractivity contribution < 1.29 is 8.42 Å². The van der Waals surface area contributed by atoms with Crippen molar-refractivity contribution in [2.45, 2.75) is 31.6 Å². The molecule has 1 aromatic carbocycles. The Morgan fingerprint density at radius 1 is 1.29 bits per heavy atom. The standard InChI is InChI=1S/C13H17NO2S/c1-4-5-6-9-14-17(15,16)13-8-7-11(2)12(3)10-13/h1,7-8,10,14H,5-6,9H2,2-3H3. The van der Waals surface area contributed by atoms with Crippen molar-refractivity contribution in [1.82, 2.24) is 4.72 Å². The van der Waals surface area contributed by atoms with Gasteiger partial charge in [0.25, 0.3) is 0 Å². The van der Waals surface area contributed by atoms with Crippen LogP contribution in [0.25, 0.3) is 0 Å². The van der Waals surface area contributed by atoms with Crippen molar-refractivity contribution in [1.29, 1.82) is 0 Å². The summed E-state index contributed by atoms with van der Waals surface area (Å²) in [6, 6.07) is 5.11. The van der Waals surface area contributed by atoms with Crippen molar-refractivity contribution in [3.05, 3.63) is 29.3 Å². The summed E-state index contributed by atoms with van der Waals surface area (Å²) >= 11 is 0. The number of sulfonamides is 1. The van der Waals surface area contributed by atoms with Gasteiger partial charge < -0.3 is 0 Å². The minimum Gasteiger partial charge on any atom is -0.211 e. The summed E-state index contributed by atoms with van der Waals surface area (Å²) < 4.78 is 26.3. The summed E-state index contributed by atoms with van der Waals surface area (Å²) in [4.78, 5) is 0.307. The highest BCUT2D eigenvalue weighted by Gasteiger charge is 2.13. The molecule has 17 heavy (non-hydrogen) atoms. The first kappa shape index (κ1) is 13.8. The Bertz CT molecular complexity index is 527. The van der Waals surface area contributed by atoms with Gasteiger partial charge in [0, 0.05) is 13.0 Å². The lowest BCUT2D eigenvalue weighted by Crippen LogP contribution is -2.24. The molecule has 0 heterocycles. The minimum absolute atomic E-state index is 0.307. The number of rotatable bonds is 5. The second-order valence-electron chi connectivity index (χ2n) is 3.95. The zero-order chi connectivity index (χ0) is 12.9. The number of hydrogen-bond acceptors (Lipinski definition) is 2. The summed E-state index contributed by atoms with van der Waals surface area (Å²) in [6.07, 6.45) is 6.33. The van der Waals surface area contributed by atoms with Crippen LogP contribution in [0.4, 0.5) is 0 Å². The van der Waals surface area contributed by atoms with Gasteiger partial charge in [-0.3, -0.25) is 0 Å². The molecule has 1 rings (SSSR count). The van der Waals surface area contributed by atoms with Gasteiger partial charge in [-0.1, -0.05) is 6.07 Å². The molecule has 0 spiro atoms. The predicted octanol–water partition coefficient (Wildman–Crippen LogP) is 2.00. The summed E-state index contributed by atoms with van der Waals surface area (Å²) in [5, 5.41) is 0. The van der Waals surface area contributed by atoms with Crippen molar-refractivity contribution in [2.75, 3.05) is 6.54 Å². The minimum atomic E-state index is -3.40. The van der Waals surface area contributed by atoms with E-state index in [1.807, 2.05) is 19.9 Å². The molecular formula is C13H17NO2S. The average molecular weight is 251 g/mol. The Morgan fingerprint density at radius 3 is 2.59 bits per heavy atom. The Balaban J connectivity index is 2.76. The van der Waals surface area contributed by atoms with Gasteiger partial charge in [-0.05, 0) is 43.5 Å². The lowest BCUT2D eigenvalue weighted by molar-refractivity contribution is 0.579. The predicted molar refractivity (Wildman–Crippen MR) is 69.2 cm³/mol. The van der Waals surface area contributed by atoms with E-state index in [-0.39, 0.29) is 0 Å². The number of benzene rings is 1. The molecule has 92 valence electrons. The molecule has 0 aromatic heterocycles. The van der Waals surface area contributed by atoms with Gasteiger partial charge in [0.15, 0.2) is 0 Å². The largest absolute Gasteiger partial charge is 0.240 e. The third-order valence-electron chi connectivity index (χ3n) is 2.58. The average Bonchev–Trinajstić information content (AvgIpc) is 2.28. The van der Waals surface area contributed by atoms with Crippen LogP contribution in [-0.4, -0.2) is 15.0 Å². The highest BCUT2D eigenvalue weighted by molar-refractivity contribution is 7.89. The summed E-state index contributed by atoms with van der Waals surface area (Å²) in [6.45, 7) is 4.22. The first-order chi connectivity index (χ1) is 7.97. The van der Waals surface area contributed by atoms with Crippen LogP contribution in [0.1, 0.15) is 24.0 Å². The lowest BCUT2D eigenvalue weighted by atomic mass is 10.1. The molecule has 0 unspecified atom stereocenters. The van der Waals surface area contributed by atoms with Crippen molar-refractivity contribution in [3.63, 3.8) is 0 Å². The van der Waals surface area contributed by atoms with E-state index in [1.165, 1.54) is 0 Å². The number of terminal acetylenes is 1. The van der Waals surface area contributed by atoms with Crippen LogP contribution >= 0.6 is 0 Å². The second kappa shape index (κ2) is 5.85. The molecule has 0 aliphatic carbocycles. The number of aryl methyl sites for hydroxylation is 2. The van der Waals surface area contributed by atoms with Crippen LogP contribution in [0.15, 0.2) is 23.1 Å². The molecule has 1 aromatic rings. The molecule has 3 nitrogen and oxygen atoms in total. The first-order valence-electron chi connectivity index (χ1n) is 5.48. The van der Waals surface area contributed by atoms with E-state index in [2.05, 4.69) is 10.6 Å². The fourth-order valence-electron chi connectivity index (χ4n) is 1.36. The lowest BCUT2D eigenvalue weighted by Gasteiger charge is -2.08. The molecular weight excluding hydrogens is 234 g/mol. The molecule has 0 bridgehead atoms. The normalized spacial score (nSPS) is 11.1. The molecule has 0 saturated heterocycles. The van der Waals surface area contributed by atoms with E-state index in [0.29, 0.717) is 24.3 Å². The monoisotopic (exact) mass is 251 g/mol. The van der Waals surface area contributed by atoms with Gasteiger partial charge in [0.1, 0.15) is 0 Å². The molecule has 1 N–H and O–H groups in total. The highest BCUT2D eigenvalue weighted by Crippen LogP contribution is 2.14. The topological polar surface area (TPSA) is 46.2 Å². The Hall–Kier alpha value is -1.31. The number of nitrogens with one attached hydrogen (secondary N) is 1. The fraction of sp³-hybridized carbons (Fsp3) is 0.385. The number of unbranched alkanes of at least 4 members (excludes halogenated alkanes) is 1. The Kier molecular flexibility index (Phi) is 4.73. The van der Waals surface area contributed by atoms with Gasteiger partial charge in [0.05, 0.1) is 4.90 Å². The van der Waals surface area contributed by atoms with Gasteiger partial charge in [-0.25, -0.2) is 13.1 Å². The van der Waals surface area contributed by atoms with Crippen LogP contribution in [0.3, 0.4) is 0 Å². The van der Waals surface area contributed by atoms with E-state index in [0.717, 1.165) is 11.1 Å². The highest BCUT2D eigenvalue weighted by atomic mass is 32.2. The summed E-state index contributed by atoms with van der Waals surface area (Å²) in [5.41, 5.74) is 2.05. The van der Waals surface area contributed by atoms with E-state index < -0.39 is 10.0 Å². The number of hydrogen-bond donors (Lipinski definition) is 1. The van der Waals surface area contributed by atoms with Crippen LogP contribution < -0.4 is 4.72 Å². The molecule has 0 fully saturated rings. The van der Waals surface area contributed by atoms with Crippen molar-refractivity contribution in [2.24, 2.45) is 0 Å². The van der Waals surface area contributed by atoms with E-state index in [4.69, 9.17) is 6.42 Å². The molecule has 4 heteroatoms. The van der Waals surface area contributed by atoms with Crippen LogP contribution in [0.2, 0.25) is 0 Å². The fourth-order valence-corrected chi connectivity index (χ4v) is 2.52. The summed E-state index contributed by atoms with van der Waals surface area (Å²) in [5.74, 6) is 2.48. The maximum Gasteiger partial charge on any atom is 0.240 e. The summed E-state index contributed by atoms with van der Waals surface area (Å²) in [7, 11) is -3.40. The van der Waals surface area contributed by atoms with Gasteiger partial charge in [-0.2, -0.15) is 0 Å². The molecule has 0 atom stereocenters. The van der Waals surface area contributed by atoms with Crippen LogP contribution in [0, 0.1) is 26.2 Å². The zero-order valence-electron chi connectivity index (χ0n) is 10.2. The zero-order valence-corrected chi connectivity index (χ0v) is 11.0. The van der Waals surface area contributed by atoms with Crippen molar-refractivity contribution in [3.8, 4) is 12.3 Å². The van der Waals surface area contributed by atoms with E-state index >= 15 is 0 Å². The SMILES string of the molecule is C#CCCCNS(=O)(=O)c1ccc(C)c(C)c1. The molecule has 0 saturated carbocycles. The quantitative estimate of drug-likeness (QED) is 0.642. The van der Waals surface area contributed by atoms with E-state index in [9.17, 15) is 8.42 Å². The Labute approximate surface area is 103 Å². The van der Waals surface area contributed by atoms with Gasteiger partial charge in [-0.15, -0.1) is 12.3 Å². The maximum atomic E-state index is 11.9. The van der Waals surface area contributed by atoms with E-state index in [1.54, 1.807) is 12.1 Å². The Morgan fingerprint density at radius 2 is 2.00 bits per heavy atom. The molecule has 0 aliphatic heterocycles. The molecule has 0 amide bonds. The maximum absolute atomic E-state index is 11.9. The van der Waals surface area contributed by atoms with Crippen LogP contribution in [-0.2, 0) is 10.0 Å². The smallest absolute Gasteiger partial charge is 0.211 e. The second-order valence-corrected chi connectivity index (χ2v) is 5.72. The first-order valence-corrected chi connectivity index (χ1v) is 6.96. The van der Waals surface area contributed by atoms with Gasteiger partial charge in [0.2, 0.25) is 10.0 Å². The van der Waals surface area contributed by atoms with Crippen LogP contribution in [0.5, 0.6) is 0 Å². The third-order valence-corrected chi connectivity index (χ3v) is 4.04. The van der Waals surface area contributed by atoms with Gasteiger partial charge >= 0.3 is 0 Å². The molecule has 0 radical (unpaired) electrons. The van der Waals surface area contributed by atoms with Crippen molar-refractivity contribution >= 4 is 10.0 Å². The third kappa shape index (κ3) is 3.88. The molecule has 0 aliphatic rings.